The van der Waals surface area contributed by atoms with Crippen LogP contribution in [0.2, 0.25) is 0 Å². The monoisotopic (exact) mass is 356 g/mol. The van der Waals surface area contributed by atoms with Crippen LogP contribution in [0.1, 0.15) is 45.8 Å². The summed E-state index contributed by atoms with van der Waals surface area (Å²) in [6.07, 6.45) is 0. The summed E-state index contributed by atoms with van der Waals surface area (Å²) in [6.45, 7) is 6.53. The molecule has 2 aromatic heterocycles. The van der Waals surface area contributed by atoms with Crippen LogP contribution in [0.5, 0.6) is 0 Å². The van der Waals surface area contributed by atoms with Gasteiger partial charge in [-0.25, -0.2) is 9.67 Å². The third-order valence-corrected chi connectivity index (χ3v) is 5.25. The molecule has 0 aliphatic heterocycles. The third kappa shape index (κ3) is 3.71. The fourth-order valence-electron chi connectivity index (χ4n) is 2.40. The molecule has 0 fully saturated rings. The van der Waals surface area contributed by atoms with E-state index in [2.05, 4.69) is 29.2 Å². The average Bonchev–Trinajstić information content (AvgIpc) is 3.17. The first-order valence-corrected chi connectivity index (χ1v) is 8.89. The number of nitrogens with zero attached hydrogens (tertiary/aromatic N) is 2. The molecule has 0 saturated heterocycles. The first-order chi connectivity index (χ1) is 12.0. The lowest BCUT2D eigenvalue weighted by Crippen LogP contribution is -2.23. The van der Waals surface area contributed by atoms with Gasteiger partial charge in [0.25, 0.3) is 11.5 Å². The highest BCUT2D eigenvalue weighted by atomic mass is 32.1. The summed E-state index contributed by atoms with van der Waals surface area (Å²) in [6, 6.07) is 10.4. The van der Waals surface area contributed by atoms with Crippen LogP contribution in [-0.2, 0) is 6.54 Å². The summed E-state index contributed by atoms with van der Waals surface area (Å²) in [4.78, 5) is 30.0. The zero-order valence-electron chi connectivity index (χ0n) is 14.4. The van der Waals surface area contributed by atoms with Gasteiger partial charge in [0.15, 0.2) is 0 Å². The lowest BCUT2D eigenvalue weighted by molar-refractivity contribution is 0.0946. The highest BCUT2D eigenvalue weighted by Gasteiger charge is 2.14. The number of para-hydroxylation sites is 1. The second kappa shape index (κ2) is 7.06. The normalized spacial score (nSPS) is 11.0. The summed E-state index contributed by atoms with van der Waals surface area (Å²) in [5.41, 5.74) is 1.59. The Kier molecular flexibility index (Phi) is 4.85. The quantitative estimate of drug-likeness (QED) is 0.737. The zero-order valence-corrected chi connectivity index (χ0v) is 15.2. The van der Waals surface area contributed by atoms with E-state index in [1.54, 1.807) is 23.5 Å². The number of nitrogens with one attached hydrogen (secondary N) is 2. The number of benzene rings is 1. The van der Waals surface area contributed by atoms with Gasteiger partial charge in [0.2, 0.25) is 0 Å². The largest absolute Gasteiger partial charge is 0.346 e. The van der Waals surface area contributed by atoms with Crippen LogP contribution in [0.3, 0.4) is 0 Å². The number of aryl methyl sites for hydroxylation is 1. The zero-order chi connectivity index (χ0) is 18.0. The van der Waals surface area contributed by atoms with Crippen LogP contribution < -0.4 is 10.9 Å². The number of H-pyrrole nitrogens is 1. The molecule has 25 heavy (non-hydrogen) atoms. The van der Waals surface area contributed by atoms with E-state index in [0.717, 1.165) is 15.6 Å². The predicted octanol–water partition coefficient (Wildman–Crippen LogP) is 2.98. The minimum Gasteiger partial charge on any atom is -0.346 e. The summed E-state index contributed by atoms with van der Waals surface area (Å²) in [7, 11) is 0. The molecule has 0 unspecified atom stereocenters. The van der Waals surface area contributed by atoms with Crippen LogP contribution in [-0.4, -0.2) is 20.7 Å². The van der Waals surface area contributed by atoms with Crippen molar-refractivity contribution in [3.63, 3.8) is 0 Å². The first-order valence-electron chi connectivity index (χ1n) is 8.07. The van der Waals surface area contributed by atoms with Crippen molar-refractivity contribution < 1.29 is 4.79 Å². The number of aromatic nitrogens is 3. The molecule has 0 aliphatic carbocycles. The molecule has 2 N–H and O–H groups in total. The van der Waals surface area contributed by atoms with Crippen molar-refractivity contribution in [1.29, 1.82) is 0 Å². The molecule has 3 rings (SSSR count). The van der Waals surface area contributed by atoms with Crippen molar-refractivity contribution in [2.24, 2.45) is 0 Å². The van der Waals surface area contributed by atoms with Crippen molar-refractivity contribution in [1.82, 2.24) is 20.1 Å². The molecule has 0 bridgehead atoms. The molecule has 130 valence electrons. The van der Waals surface area contributed by atoms with Gasteiger partial charge in [0.1, 0.15) is 5.69 Å². The van der Waals surface area contributed by atoms with Gasteiger partial charge < -0.3 is 5.32 Å². The Hall–Kier alpha value is -2.67. The fourth-order valence-corrected chi connectivity index (χ4v) is 3.41. The number of hydrogen-bond acceptors (Lipinski definition) is 4. The molecule has 0 atom stereocenters. The lowest BCUT2D eigenvalue weighted by Gasteiger charge is -2.03. The minimum atomic E-state index is -0.314. The van der Waals surface area contributed by atoms with Gasteiger partial charge >= 0.3 is 0 Å². The van der Waals surface area contributed by atoms with Crippen LogP contribution in [0.15, 0.2) is 41.2 Å². The Labute approximate surface area is 149 Å². The van der Waals surface area contributed by atoms with Crippen molar-refractivity contribution in [2.75, 3.05) is 0 Å². The third-order valence-electron chi connectivity index (χ3n) is 3.79. The summed E-state index contributed by atoms with van der Waals surface area (Å²) in [5.74, 6) is 0.0510. The van der Waals surface area contributed by atoms with Gasteiger partial charge in [-0.1, -0.05) is 32.0 Å². The van der Waals surface area contributed by atoms with Gasteiger partial charge in [-0.05, 0) is 19.1 Å². The van der Waals surface area contributed by atoms with E-state index in [9.17, 15) is 9.59 Å². The molecule has 3 aromatic rings. The Morgan fingerprint density at radius 2 is 2.04 bits per heavy atom. The summed E-state index contributed by atoms with van der Waals surface area (Å²) in [5, 5.41) is 6.76. The van der Waals surface area contributed by atoms with Gasteiger partial charge in [-0.2, -0.15) is 0 Å². The Balaban J connectivity index is 1.73. The topological polar surface area (TPSA) is 79.8 Å². The predicted molar refractivity (Wildman–Crippen MR) is 98.5 cm³/mol. The highest BCUT2D eigenvalue weighted by molar-refractivity contribution is 7.11. The SMILES string of the molecule is Cc1nc(C(C)C)sc1CNC(=O)c1cc(=O)n(-c2ccccc2)[nH]1. The van der Waals surface area contributed by atoms with Gasteiger partial charge in [-0.15, -0.1) is 11.3 Å². The van der Waals surface area contributed by atoms with Crippen molar-refractivity contribution >= 4 is 17.2 Å². The van der Waals surface area contributed by atoms with E-state index < -0.39 is 0 Å². The Morgan fingerprint density at radius 1 is 1.32 bits per heavy atom. The first kappa shape index (κ1) is 17.2. The highest BCUT2D eigenvalue weighted by Crippen LogP contribution is 2.24. The molecule has 0 radical (unpaired) electrons. The maximum atomic E-state index is 12.4. The molecule has 0 saturated carbocycles. The molecule has 6 nitrogen and oxygen atoms in total. The van der Waals surface area contributed by atoms with Crippen LogP contribution in [0.25, 0.3) is 5.69 Å². The van der Waals surface area contributed by atoms with Crippen LogP contribution >= 0.6 is 11.3 Å². The smallest absolute Gasteiger partial charge is 0.271 e. The maximum absolute atomic E-state index is 12.4. The second-order valence-corrected chi connectivity index (χ2v) is 7.19. The second-order valence-electron chi connectivity index (χ2n) is 6.08. The molecule has 1 amide bonds. The maximum Gasteiger partial charge on any atom is 0.271 e. The lowest BCUT2D eigenvalue weighted by atomic mass is 10.2. The van der Waals surface area contributed by atoms with Crippen molar-refractivity contribution in [2.45, 2.75) is 33.2 Å². The van der Waals surface area contributed by atoms with Gasteiger partial charge in [-0.3, -0.25) is 14.7 Å². The van der Waals surface area contributed by atoms with Gasteiger partial charge in [0.05, 0.1) is 22.9 Å². The van der Waals surface area contributed by atoms with E-state index in [-0.39, 0.29) is 17.2 Å². The Bertz CT molecular complexity index is 938. The number of rotatable bonds is 5. The number of thiazole rings is 1. The molecular weight excluding hydrogens is 336 g/mol. The number of carbonyl (C=O) groups is 1. The van der Waals surface area contributed by atoms with E-state index >= 15 is 0 Å². The molecule has 1 aromatic carbocycles. The summed E-state index contributed by atoms with van der Waals surface area (Å²) >= 11 is 1.61. The molecule has 7 heteroatoms. The molecule has 2 heterocycles. The number of amides is 1. The average molecular weight is 356 g/mol. The minimum absolute atomic E-state index is 0.236. The van der Waals surface area contributed by atoms with E-state index in [4.69, 9.17) is 0 Å². The number of carbonyl (C=O) groups excluding carboxylic acids is 1. The number of hydrogen-bond donors (Lipinski definition) is 2. The summed E-state index contributed by atoms with van der Waals surface area (Å²) < 4.78 is 1.35. The number of aromatic amines is 1. The van der Waals surface area contributed by atoms with E-state index in [0.29, 0.717) is 18.2 Å². The fraction of sp³-hybridized carbons (Fsp3) is 0.278. The molecule has 0 spiro atoms. The van der Waals surface area contributed by atoms with E-state index in [1.807, 2.05) is 25.1 Å². The molecule has 0 aliphatic rings. The van der Waals surface area contributed by atoms with Crippen molar-refractivity contribution in [3.8, 4) is 5.69 Å². The Morgan fingerprint density at radius 3 is 2.68 bits per heavy atom. The standard InChI is InChI=1S/C18H20N4O2S/c1-11(2)18-20-12(3)15(25-18)10-19-17(24)14-9-16(23)22(21-14)13-7-5-4-6-8-13/h4-9,11,21H,10H2,1-3H3,(H,19,24). The van der Waals surface area contributed by atoms with Crippen LogP contribution in [0, 0.1) is 6.92 Å². The van der Waals surface area contributed by atoms with Crippen molar-refractivity contribution in [3.05, 3.63) is 68.0 Å². The van der Waals surface area contributed by atoms with E-state index in [1.165, 1.54) is 10.7 Å². The van der Waals surface area contributed by atoms with Gasteiger partial charge in [0, 0.05) is 16.9 Å². The molecular formula is C18H20N4O2S. The van der Waals surface area contributed by atoms with Crippen LogP contribution in [0.4, 0.5) is 0 Å².